The second-order valence-corrected chi connectivity index (χ2v) is 5.62. The molecular formula is C13H22N2O4. The molecule has 6 heteroatoms. The van der Waals surface area contributed by atoms with Crippen molar-refractivity contribution in [2.45, 2.75) is 58.6 Å². The Balaban J connectivity index is 2.47. The van der Waals surface area contributed by atoms with Crippen molar-refractivity contribution in [3.63, 3.8) is 0 Å². The van der Waals surface area contributed by atoms with Crippen LogP contribution in [-0.4, -0.2) is 41.0 Å². The molecule has 1 rings (SSSR count). The zero-order valence-corrected chi connectivity index (χ0v) is 12.0. The minimum Gasteiger partial charge on any atom is -0.460 e. The number of imide groups is 1. The summed E-state index contributed by atoms with van der Waals surface area (Å²) in [5.74, 6) is -0.664. The number of urea groups is 1. The van der Waals surface area contributed by atoms with Crippen molar-refractivity contribution >= 4 is 17.9 Å². The molecule has 1 atom stereocenters. The monoisotopic (exact) mass is 270 g/mol. The second kappa shape index (κ2) is 6.04. The molecule has 0 spiro atoms. The van der Waals surface area contributed by atoms with Gasteiger partial charge < -0.3 is 10.1 Å². The normalized spacial score (nSPS) is 19.6. The van der Waals surface area contributed by atoms with Crippen LogP contribution in [0, 0.1) is 0 Å². The van der Waals surface area contributed by atoms with Gasteiger partial charge in [0.15, 0.2) is 0 Å². The largest absolute Gasteiger partial charge is 0.460 e. The van der Waals surface area contributed by atoms with E-state index in [1.165, 1.54) is 0 Å². The number of hydrogen-bond acceptors (Lipinski definition) is 4. The number of nitrogens with zero attached hydrogens (tertiary/aromatic N) is 1. The van der Waals surface area contributed by atoms with E-state index in [1.807, 2.05) is 6.92 Å². The van der Waals surface area contributed by atoms with Crippen LogP contribution in [-0.2, 0) is 14.3 Å². The summed E-state index contributed by atoms with van der Waals surface area (Å²) < 4.78 is 5.13. The predicted molar refractivity (Wildman–Crippen MR) is 69.4 cm³/mol. The van der Waals surface area contributed by atoms with Crippen molar-refractivity contribution < 1.29 is 19.1 Å². The van der Waals surface area contributed by atoms with E-state index in [0.717, 1.165) is 11.3 Å². The molecule has 19 heavy (non-hydrogen) atoms. The third-order valence-corrected chi connectivity index (χ3v) is 2.64. The van der Waals surface area contributed by atoms with Crippen LogP contribution in [0.4, 0.5) is 4.79 Å². The maximum absolute atomic E-state index is 11.9. The molecule has 1 N–H and O–H groups in total. The Hall–Kier alpha value is -1.59. The van der Waals surface area contributed by atoms with E-state index in [2.05, 4.69) is 5.32 Å². The van der Waals surface area contributed by atoms with E-state index >= 15 is 0 Å². The van der Waals surface area contributed by atoms with Gasteiger partial charge >= 0.3 is 12.0 Å². The molecule has 1 saturated heterocycles. The Labute approximate surface area is 113 Å². The number of hydrogen-bond donors (Lipinski definition) is 1. The van der Waals surface area contributed by atoms with Crippen molar-refractivity contribution in [1.29, 1.82) is 0 Å². The number of rotatable bonds is 5. The summed E-state index contributed by atoms with van der Waals surface area (Å²) >= 11 is 0. The lowest BCUT2D eigenvalue weighted by Gasteiger charge is -2.20. The van der Waals surface area contributed by atoms with Gasteiger partial charge in [0.25, 0.3) is 5.91 Å². The van der Waals surface area contributed by atoms with Crippen LogP contribution in [0.25, 0.3) is 0 Å². The summed E-state index contributed by atoms with van der Waals surface area (Å²) in [6, 6.07) is -0.872. The highest BCUT2D eigenvalue weighted by atomic mass is 16.6. The molecule has 0 aliphatic carbocycles. The zero-order valence-electron chi connectivity index (χ0n) is 12.0. The molecule has 0 saturated carbocycles. The second-order valence-electron chi connectivity index (χ2n) is 5.62. The average molecular weight is 270 g/mol. The van der Waals surface area contributed by atoms with Gasteiger partial charge in [0, 0.05) is 6.54 Å². The molecular weight excluding hydrogens is 248 g/mol. The Morgan fingerprint density at radius 3 is 2.53 bits per heavy atom. The third kappa shape index (κ3) is 4.54. The molecule has 1 aliphatic heterocycles. The van der Waals surface area contributed by atoms with Gasteiger partial charge in [0.05, 0.1) is 6.42 Å². The number of carbonyl (C=O) groups is 3. The Bertz CT molecular complexity index is 373. The molecule has 108 valence electrons. The minimum atomic E-state index is -0.556. The first-order valence-corrected chi connectivity index (χ1v) is 6.58. The highest BCUT2D eigenvalue weighted by Crippen LogP contribution is 2.13. The van der Waals surface area contributed by atoms with Gasteiger partial charge in [-0.2, -0.15) is 0 Å². The van der Waals surface area contributed by atoms with Crippen LogP contribution in [0.3, 0.4) is 0 Å². The van der Waals surface area contributed by atoms with E-state index < -0.39 is 23.6 Å². The first kappa shape index (κ1) is 15.5. The lowest BCUT2D eigenvalue weighted by molar-refractivity contribution is -0.155. The molecule has 0 aromatic heterocycles. The summed E-state index contributed by atoms with van der Waals surface area (Å²) in [5, 5.41) is 2.61. The van der Waals surface area contributed by atoms with Gasteiger partial charge in [-0.1, -0.05) is 13.3 Å². The molecule has 1 fully saturated rings. The van der Waals surface area contributed by atoms with Gasteiger partial charge in [-0.25, -0.2) is 4.79 Å². The minimum absolute atomic E-state index is 0.0231. The fourth-order valence-corrected chi connectivity index (χ4v) is 1.87. The smallest absolute Gasteiger partial charge is 0.324 e. The molecule has 0 aromatic rings. The molecule has 1 aliphatic rings. The van der Waals surface area contributed by atoms with E-state index in [-0.39, 0.29) is 18.9 Å². The van der Waals surface area contributed by atoms with Crippen LogP contribution in [0.2, 0.25) is 0 Å². The van der Waals surface area contributed by atoms with Crippen molar-refractivity contribution in [2.75, 3.05) is 6.54 Å². The summed E-state index contributed by atoms with van der Waals surface area (Å²) in [5.41, 5.74) is -0.556. The quantitative estimate of drug-likeness (QED) is 0.606. The fourth-order valence-electron chi connectivity index (χ4n) is 1.87. The molecule has 3 amide bonds. The Kier molecular flexibility index (Phi) is 4.91. The summed E-state index contributed by atoms with van der Waals surface area (Å²) in [7, 11) is 0. The molecule has 6 nitrogen and oxygen atoms in total. The average Bonchev–Trinajstić information content (AvgIpc) is 2.50. The summed E-state index contributed by atoms with van der Waals surface area (Å²) in [6.45, 7) is 7.34. The first-order chi connectivity index (χ1) is 8.74. The van der Waals surface area contributed by atoms with Gasteiger partial charge in [0.1, 0.15) is 11.6 Å². The van der Waals surface area contributed by atoms with Crippen molar-refractivity contribution in [3.8, 4) is 0 Å². The Morgan fingerprint density at radius 2 is 2.00 bits per heavy atom. The Morgan fingerprint density at radius 1 is 1.37 bits per heavy atom. The molecule has 0 radical (unpaired) electrons. The predicted octanol–water partition coefficient (Wildman–Crippen LogP) is 1.44. The van der Waals surface area contributed by atoms with Crippen LogP contribution in [0.1, 0.15) is 47.0 Å². The highest BCUT2D eigenvalue weighted by Gasteiger charge is 2.37. The lowest BCUT2D eigenvalue weighted by atomic mass is 10.1. The van der Waals surface area contributed by atoms with Crippen molar-refractivity contribution in [1.82, 2.24) is 10.2 Å². The van der Waals surface area contributed by atoms with Crippen molar-refractivity contribution in [3.05, 3.63) is 0 Å². The number of amides is 3. The maximum atomic E-state index is 11.9. The number of carbonyl (C=O) groups excluding carboxylic acids is 3. The topological polar surface area (TPSA) is 75.7 Å². The number of ether oxygens (including phenoxy) is 1. The van der Waals surface area contributed by atoms with Crippen LogP contribution in [0.15, 0.2) is 0 Å². The standard InChI is InChI=1S/C13H22N2O4/c1-5-6-9-11(17)15(12(18)14-9)8-7-10(16)19-13(2,3)4/h9H,5-8H2,1-4H3,(H,14,18). The summed E-state index contributed by atoms with van der Waals surface area (Å²) in [6.07, 6.45) is 1.46. The van der Waals surface area contributed by atoms with Crippen LogP contribution < -0.4 is 5.32 Å². The van der Waals surface area contributed by atoms with Crippen molar-refractivity contribution in [2.24, 2.45) is 0 Å². The lowest BCUT2D eigenvalue weighted by Crippen LogP contribution is -2.34. The maximum Gasteiger partial charge on any atom is 0.324 e. The first-order valence-electron chi connectivity index (χ1n) is 6.58. The van der Waals surface area contributed by atoms with E-state index in [1.54, 1.807) is 20.8 Å². The highest BCUT2D eigenvalue weighted by molar-refractivity contribution is 6.04. The van der Waals surface area contributed by atoms with Crippen LogP contribution in [0.5, 0.6) is 0 Å². The fraction of sp³-hybridized carbons (Fsp3) is 0.769. The van der Waals surface area contributed by atoms with E-state index in [0.29, 0.717) is 6.42 Å². The third-order valence-electron chi connectivity index (χ3n) is 2.64. The van der Waals surface area contributed by atoms with Gasteiger partial charge in [-0.3, -0.25) is 14.5 Å². The van der Waals surface area contributed by atoms with E-state index in [4.69, 9.17) is 4.74 Å². The van der Waals surface area contributed by atoms with Gasteiger partial charge in [-0.05, 0) is 27.2 Å². The van der Waals surface area contributed by atoms with Gasteiger partial charge in [-0.15, -0.1) is 0 Å². The molecule has 0 aromatic carbocycles. The number of nitrogens with one attached hydrogen (secondary N) is 1. The summed E-state index contributed by atoms with van der Waals surface area (Å²) in [4.78, 5) is 36.1. The number of esters is 1. The zero-order chi connectivity index (χ0) is 14.6. The molecule has 1 unspecified atom stereocenters. The van der Waals surface area contributed by atoms with E-state index in [9.17, 15) is 14.4 Å². The molecule has 0 bridgehead atoms. The van der Waals surface area contributed by atoms with Crippen LogP contribution >= 0.6 is 0 Å². The SMILES string of the molecule is CCCC1NC(=O)N(CCC(=O)OC(C)(C)C)C1=O. The van der Waals surface area contributed by atoms with Gasteiger partial charge in [0.2, 0.25) is 0 Å². The molecule has 1 heterocycles.